The van der Waals surface area contributed by atoms with Crippen LogP contribution in [0, 0.1) is 0 Å². The van der Waals surface area contributed by atoms with Crippen molar-refractivity contribution in [2.45, 2.75) is 0 Å². The molecule has 6 rings (SSSR count). The number of phenolic OH excluding ortho intramolecular Hbond substituents is 4. The zero-order valence-electron chi connectivity index (χ0n) is 32.8. The average Bonchev–Trinajstić information content (AvgIpc) is 3.24. The number of ketones is 4. The van der Waals surface area contributed by atoms with E-state index in [9.17, 15) is 39.6 Å². The third-order valence-electron chi connectivity index (χ3n) is 10.1. The first kappa shape index (κ1) is 43.3. The van der Waals surface area contributed by atoms with Crippen LogP contribution in [0.25, 0.3) is 0 Å². The lowest BCUT2D eigenvalue weighted by atomic mass is 9.81. The lowest BCUT2D eigenvalue weighted by Crippen LogP contribution is -2.33. The molecular weight excluding hydrogens is 777 g/mol. The van der Waals surface area contributed by atoms with Gasteiger partial charge in [-0.25, -0.2) is 0 Å². The Morgan fingerprint density at radius 1 is 0.300 bits per heavy atom. The number of phenols is 4. The fraction of sp³-hybridized carbons (Fsp3) is 0.333. The molecule has 0 spiro atoms. The van der Waals surface area contributed by atoms with Crippen molar-refractivity contribution in [3.05, 3.63) is 93.0 Å². The number of anilines is 4. The number of aromatic hydroxyl groups is 4. The van der Waals surface area contributed by atoms with Crippen LogP contribution in [-0.2, 0) is 0 Å². The van der Waals surface area contributed by atoms with Crippen molar-refractivity contribution in [2.24, 2.45) is 0 Å². The topological polar surface area (TPSA) is 286 Å². The Morgan fingerprint density at radius 3 is 0.750 bits per heavy atom. The highest BCUT2D eigenvalue weighted by Gasteiger charge is 2.39. The molecular formula is C42H50N8O10. The van der Waals surface area contributed by atoms with E-state index in [-0.39, 0.29) is 57.7 Å². The molecule has 4 aromatic rings. The van der Waals surface area contributed by atoms with Crippen molar-refractivity contribution in [3.63, 3.8) is 0 Å². The molecule has 0 aliphatic heterocycles. The second-order valence-electron chi connectivity index (χ2n) is 14.0. The van der Waals surface area contributed by atoms with Gasteiger partial charge in [0.05, 0.1) is 57.7 Å². The molecule has 0 amide bonds. The highest BCUT2D eigenvalue weighted by Crippen LogP contribution is 2.44. The maximum absolute atomic E-state index is 13.8. The number of nitrogens with one attached hydrogen (secondary N) is 8. The summed E-state index contributed by atoms with van der Waals surface area (Å²) in [7, 11) is 0. The van der Waals surface area contributed by atoms with E-state index in [1.165, 1.54) is 24.3 Å². The van der Waals surface area contributed by atoms with Crippen molar-refractivity contribution in [2.75, 3.05) is 113 Å². The highest BCUT2D eigenvalue weighted by molar-refractivity contribution is 6.34. The van der Waals surface area contributed by atoms with Crippen LogP contribution in [0.3, 0.4) is 0 Å². The molecule has 18 heteroatoms. The maximum Gasteiger partial charge on any atom is 0.200 e. The normalized spacial score (nSPS) is 12.8. The number of aliphatic hydroxyl groups excluding tert-OH is 2. The largest absolute Gasteiger partial charge is 0.507 e. The van der Waals surface area contributed by atoms with Gasteiger partial charge in [-0.05, 0) is 48.5 Å². The van der Waals surface area contributed by atoms with Gasteiger partial charge in [0.1, 0.15) is 23.0 Å². The lowest BCUT2D eigenvalue weighted by molar-refractivity contribution is 0.0975. The van der Waals surface area contributed by atoms with E-state index in [1.54, 1.807) is 24.3 Å². The Bertz CT molecular complexity index is 2110. The molecule has 0 bridgehead atoms. The summed E-state index contributed by atoms with van der Waals surface area (Å²) in [6, 6.07) is 11.4. The van der Waals surface area contributed by atoms with Crippen LogP contribution in [0.4, 0.5) is 22.7 Å². The predicted molar refractivity (Wildman–Crippen MR) is 226 cm³/mol. The van der Waals surface area contributed by atoms with Gasteiger partial charge in [-0.2, -0.15) is 0 Å². The summed E-state index contributed by atoms with van der Waals surface area (Å²) < 4.78 is 0. The minimum atomic E-state index is -0.600. The molecule has 0 heterocycles. The van der Waals surface area contributed by atoms with Crippen LogP contribution in [0.5, 0.6) is 23.0 Å². The molecule has 0 unspecified atom stereocenters. The number of hydrogen-bond acceptors (Lipinski definition) is 18. The number of benzene rings is 4. The predicted octanol–water partition coefficient (Wildman–Crippen LogP) is 0.751. The first-order valence-electron chi connectivity index (χ1n) is 19.7. The number of rotatable bonds is 23. The van der Waals surface area contributed by atoms with Gasteiger partial charge in [-0.15, -0.1) is 0 Å². The quantitative estimate of drug-likeness (QED) is 0.0313. The minimum absolute atomic E-state index is 0.0261. The van der Waals surface area contributed by atoms with Crippen molar-refractivity contribution in [3.8, 4) is 23.0 Å². The zero-order valence-corrected chi connectivity index (χ0v) is 32.8. The van der Waals surface area contributed by atoms with Crippen molar-refractivity contribution in [1.82, 2.24) is 21.3 Å². The van der Waals surface area contributed by atoms with Gasteiger partial charge < -0.3 is 73.2 Å². The molecule has 2 aliphatic carbocycles. The third-order valence-corrected chi connectivity index (χ3v) is 10.1. The first-order chi connectivity index (χ1) is 29.1. The van der Waals surface area contributed by atoms with Crippen LogP contribution >= 0.6 is 0 Å². The van der Waals surface area contributed by atoms with Gasteiger partial charge in [0.25, 0.3) is 0 Å². The van der Waals surface area contributed by atoms with Gasteiger partial charge in [0.15, 0.2) is 0 Å². The molecule has 0 fully saturated rings. The Balaban J connectivity index is 1.02. The highest BCUT2D eigenvalue weighted by atomic mass is 16.3. The summed E-state index contributed by atoms with van der Waals surface area (Å²) in [6.07, 6.45) is 0. The van der Waals surface area contributed by atoms with E-state index in [0.717, 1.165) is 0 Å². The van der Waals surface area contributed by atoms with Gasteiger partial charge in [0, 0.05) is 101 Å². The van der Waals surface area contributed by atoms with Crippen LogP contribution in [0.2, 0.25) is 0 Å². The molecule has 0 saturated carbocycles. The Hall–Kier alpha value is -6.28. The molecule has 14 N–H and O–H groups in total. The fourth-order valence-corrected chi connectivity index (χ4v) is 7.30. The molecule has 4 aromatic carbocycles. The third kappa shape index (κ3) is 9.13. The van der Waals surface area contributed by atoms with Gasteiger partial charge in [-0.1, -0.05) is 0 Å². The molecule has 0 saturated heterocycles. The lowest BCUT2D eigenvalue weighted by Gasteiger charge is -2.25. The maximum atomic E-state index is 13.8. The van der Waals surface area contributed by atoms with Crippen LogP contribution < -0.4 is 42.5 Å². The molecule has 18 nitrogen and oxygen atoms in total. The minimum Gasteiger partial charge on any atom is -0.507 e. The zero-order chi connectivity index (χ0) is 42.8. The summed E-state index contributed by atoms with van der Waals surface area (Å²) in [5.74, 6) is -4.02. The SMILES string of the molecule is O=C1c2c(O)ccc(O)c2C(=O)c2c(NCCNCCNCCNc3ccc(NCCNCCO)c4c3C(=O)c3c(O)ccc(O)c3C4=O)ccc(NCCNCCO)c21. The van der Waals surface area contributed by atoms with E-state index in [0.29, 0.717) is 101 Å². The summed E-state index contributed by atoms with van der Waals surface area (Å²) >= 11 is 0. The van der Waals surface area contributed by atoms with E-state index >= 15 is 0 Å². The number of carbonyl (C=O) groups excluding carboxylic acids is 4. The van der Waals surface area contributed by atoms with Crippen LogP contribution in [0.15, 0.2) is 48.5 Å². The smallest absolute Gasteiger partial charge is 0.200 e. The number of hydrogen-bond donors (Lipinski definition) is 14. The number of carbonyl (C=O) groups is 4. The van der Waals surface area contributed by atoms with Crippen LogP contribution in [-0.4, -0.2) is 146 Å². The number of aliphatic hydroxyl groups is 2. The Kier molecular flexibility index (Phi) is 14.5. The van der Waals surface area contributed by atoms with Crippen molar-refractivity contribution >= 4 is 45.9 Å². The average molecular weight is 827 g/mol. The molecule has 318 valence electrons. The monoisotopic (exact) mass is 826 g/mol. The first-order valence-corrected chi connectivity index (χ1v) is 19.7. The van der Waals surface area contributed by atoms with Crippen LogP contribution in [0.1, 0.15) is 63.7 Å². The molecule has 0 radical (unpaired) electrons. The van der Waals surface area contributed by atoms with E-state index in [4.69, 9.17) is 10.2 Å². The molecule has 60 heavy (non-hydrogen) atoms. The van der Waals surface area contributed by atoms with Gasteiger partial charge in [-0.3, -0.25) is 19.2 Å². The van der Waals surface area contributed by atoms with E-state index in [2.05, 4.69) is 42.5 Å². The summed E-state index contributed by atoms with van der Waals surface area (Å²) in [6.45, 7) is 5.35. The molecule has 0 aromatic heterocycles. The van der Waals surface area contributed by atoms with Gasteiger partial charge in [0.2, 0.25) is 23.1 Å². The fourth-order valence-electron chi connectivity index (χ4n) is 7.30. The van der Waals surface area contributed by atoms with E-state index < -0.39 is 46.1 Å². The van der Waals surface area contributed by atoms with Gasteiger partial charge >= 0.3 is 0 Å². The Morgan fingerprint density at radius 2 is 0.517 bits per heavy atom. The number of fused-ring (bicyclic) bond motifs is 4. The second-order valence-corrected chi connectivity index (χ2v) is 14.0. The molecule has 0 atom stereocenters. The standard InChI is InChI=1S/C42H50N8O10/c51-21-19-45-13-17-49-25-3-1-23(31-33(25)41(59)37-29(55)7-5-27(53)35(37)39(31)57)47-15-11-43-9-10-44-12-16-48-24-2-4-26(50-18-14-46-20-22-52)34-32(24)40(58)36-28(54)6-8-30(56)38(36)42(34)60/h1-8,43-56H,9-22H2. The van der Waals surface area contributed by atoms with E-state index in [1.807, 2.05) is 0 Å². The summed E-state index contributed by atoms with van der Waals surface area (Å²) in [4.78, 5) is 55.1. The molecule has 2 aliphatic rings. The second kappa shape index (κ2) is 20.1. The summed E-state index contributed by atoms with van der Waals surface area (Å²) in [5.41, 5.74) is 0.886. The van der Waals surface area contributed by atoms with Crippen molar-refractivity contribution < 1.29 is 49.8 Å². The van der Waals surface area contributed by atoms with Crippen molar-refractivity contribution in [1.29, 1.82) is 0 Å². The Labute approximate surface area is 345 Å². The summed E-state index contributed by atoms with van der Waals surface area (Å²) in [5, 5.41) is 85.6.